The van der Waals surface area contributed by atoms with Crippen molar-refractivity contribution in [1.82, 2.24) is 0 Å². The van der Waals surface area contributed by atoms with E-state index in [1.807, 2.05) is 38.1 Å². The van der Waals surface area contributed by atoms with Gasteiger partial charge in [0.25, 0.3) is 0 Å². The summed E-state index contributed by atoms with van der Waals surface area (Å²) in [6.45, 7) is 5.81. The van der Waals surface area contributed by atoms with Gasteiger partial charge in [0.2, 0.25) is 11.8 Å². The van der Waals surface area contributed by atoms with Gasteiger partial charge < -0.3 is 15.0 Å². The molecule has 132 valence electrons. The largest absolute Gasteiger partial charge is 0.495 e. The average molecular weight is 340 g/mol. The number of carbonyl (C=O) groups is 2. The minimum atomic E-state index is -0.167. The summed E-state index contributed by atoms with van der Waals surface area (Å²) in [5, 5.41) is 2.83. The van der Waals surface area contributed by atoms with Crippen LogP contribution in [0.15, 0.2) is 42.5 Å². The quantitative estimate of drug-likeness (QED) is 0.872. The molecular weight excluding hydrogens is 316 g/mol. The summed E-state index contributed by atoms with van der Waals surface area (Å²) >= 11 is 0. The van der Waals surface area contributed by atoms with Gasteiger partial charge in [0.1, 0.15) is 5.75 Å². The van der Waals surface area contributed by atoms with Gasteiger partial charge in [-0.05, 0) is 49.2 Å². The lowest BCUT2D eigenvalue weighted by atomic mass is 10.1. The Balaban J connectivity index is 2.06. The number of benzene rings is 2. The van der Waals surface area contributed by atoms with Crippen LogP contribution in [0, 0.1) is 13.8 Å². The lowest BCUT2D eigenvalue weighted by molar-refractivity contribution is -0.117. The monoisotopic (exact) mass is 340 g/mol. The summed E-state index contributed by atoms with van der Waals surface area (Å²) in [4.78, 5) is 25.9. The first-order valence-corrected chi connectivity index (χ1v) is 8.20. The lowest BCUT2D eigenvalue weighted by Crippen LogP contribution is -2.32. The van der Waals surface area contributed by atoms with Gasteiger partial charge in [-0.2, -0.15) is 0 Å². The fraction of sp³-hybridized carbons (Fsp3) is 0.300. The highest BCUT2D eigenvalue weighted by Gasteiger charge is 2.15. The van der Waals surface area contributed by atoms with E-state index in [0.29, 0.717) is 18.0 Å². The molecule has 0 heterocycles. The second kappa shape index (κ2) is 8.33. The van der Waals surface area contributed by atoms with Crippen LogP contribution in [0.25, 0.3) is 0 Å². The minimum Gasteiger partial charge on any atom is -0.495 e. The Hall–Kier alpha value is -2.82. The van der Waals surface area contributed by atoms with Crippen molar-refractivity contribution in [2.75, 3.05) is 23.9 Å². The molecule has 0 aliphatic rings. The molecule has 0 saturated heterocycles. The van der Waals surface area contributed by atoms with Gasteiger partial charge in [0.05, 0.1) is 12.8 Å². The van der Waals surface area contributed by atoms with Crippen LogP contribution in [0.1, 0.15) is 24.5 Å². The third-order valence-corrected chi connectivity index (χ3v) is 3.84. The highest BCUT2D eigenvalue weighted by molar-refractivity contribution is 5.95. The lowest BCUT2D eigenvalue weighted by Gasteiger charge is -2.22. The molecule has 25 heavy (non-hydrogen) atoms. The third-order valence-electron chi connectivity index (χ3n) is 3.84. The van der Waals surface area contributed by atoms with Crippen LogP contribution in [0.3, 0.4) is 0 Å². The van der Waals surface area contributed by atoms with Crippen LogP contribution in [0.5, 0.6) is 5.75 Å². The van der Waals surface area contributed by atoms with Crippen molar-refractivity contribution < 1.29 is 14.3 Å². The molecule has 5 nitrogen and oxygen atoms in total. The molecule has 0 unspecified atom stereocenters. The maximum Gasteiger partial charge on any atom is 0.226 e. The van der Waals surface area contributed by atoms with Gasteiger partial charge in [0, 0.05) is 25.6 Å². The number of nitrogens with zero attached hydrogens (tertiary/aromatic N) is 1. The molecule has 5 heteroatoms. The number of anilines is 2. The normalized spacial score (nSPS) is 10.2. The number of nitrogens with one attached hydrogen (secondary N) is 1. The number of carbonyl (C=O) groups excluding carboxylic acids is 2. The molecule has 0 bridgehead atoms. The zero-order valence-corrected chi connectivity index (χ0v) is 15.1. The maximum absolute atomic E-state index is 12.3. The summed E-state index contributed by atoms with van der Waals surface area (Å²) in [6, 6.07) is 13.2. The van der Waals surface area contributed by atoms with Crippen molar-refractivity contribution >= 4 is 23.2 Å². The predicted octanol–water partition coefficient (Wildman–Crippen LogP) is 3.69. The van der Waals surface area contributed by atoms with Gasteiger partial charge >= 0.3 is 0 Å². The van der Waals surface area contributed by atoms with E-state index in [1.54, 1.807) is 24.1 Å². The minimum absolute atomic E-state index is 0.0879. The van der Waals surface area contributed by atoms with E-state index in [2.05, 4.69) is 11.4 Å². The van der Waals surface area contributed by atoms with E-state index >= 15 is 0 Å². The van der Waals surface area contributed by atoms with Crippen molar-refractivity contribution in [2.45, 2.75) is 27.2 Å². The summed E-state index contributed by atoms with van der Waals surface area (Å²) in [5.41, 5.74) is 3.60. The Morgan fingerprint density at radius 2 is 1.72 bits per heavy atom. The number of rotatable bonds is 6. The van der Waals surface area contributed by atoms with Crippen molar-refractivity contribution in [3.8, 4) is 5.75 Å². The summed E-state index contributed by atoms with van der Waals surface area (Å²) in [5.74, 6) is 0.351. The van der Waals surface area contributed by atoms with Crippen molar-refractivity contribution in [2.24, 2.45) is 0 Å². The second-order valence-electron chi connectivity index (χ2n) is 6.02. The Bertz CT molecular complexity index is 751. The fourth-order valence-corrected chi connectivity index (χ4v) is 2.75. The molecule has 0 fully saturated rings. The number of methoxy groups -OCH3 is 1. The van der Waals surface area contributed by atoms with Gasteiger partial charge in [-0.1, -0.05) is 18.2 Å². The van der Waals surface area contributed by atoms with Crippen LogP contribution in [0.2, 0.25) is 0 Å². The molecule has 0 aliphatic carbocycles. The number of ether oxygens (including phenoxy) is 1. The van der Waals surface area contributed by atoms with Crippen LogP contribution in [-0.4, -0.2) is 25.5 Å². The van der Waals surface area contributed by atoms with Crippen molar-refractivity contribution in [1.29, 1.82) is 0 Å². The van der Waals surface area contributed by atoms with E-state index in [4.69, 9.17) is 4.74 Å². The van der Waals surface area contributed by atoms with Crippen molar-refractivity contribution in [3.05, 3.63) is 53.6 Å². The summed E-state index contributed by atoms with van der Waals surface area (Å²) in [6.07, 6.45) is 0.199. The molecule has 0 aromatic heterocycles. The fourth-order valence-electron chi connectivity index (χ4n) is 2.75. The maximum atomic E-state index is 12.3. The van der Waals surface area contributed by atoms with E-state index in [9.17, 15) is 9.59 Å². The molecule has 0 atom stereocenters. The third kappa shape index (κ3) is 5.08. The van der Waals surface area contributed by atoms with Gasteiger partial charge in [-0.25, -0.2) is 0 Å². The van der Waals surface area contributed by atoms with E-state index < -0.39 is 0 Å². The molecular formula is C20H24N2O3. The Labute approximate surface area is 148 Å². The van der Waals surface area contributed by atoms with E-state index in [-0.39, 0.29) is 18.2 Å². The SMILES string of the molecule is COc1ccccc1NC(=O)CCN(C(C)=O)c1cc(C)cc(C)c1. The zero-order chi connectivity index (χ0) is 18.4. The van der Waals surface area contributed by atoms with Crippen LogP contribution >= 0.6 is 0 Å². The molecule has 0 spiro atoms. The molecule has 2 amide bonds. The average Bonchev–Trinajstić information content (AvgIpc) is 2.54. The standard InChI is InChI=1S/C20H24N2O3/c1-14-11-15(2)13-17(12-14)22(16(3)23)10-9-20(24)21-18-7-5-6-8-19(18)25-4/h5-8,11-13H,9-10H2,1-4H3,(H,21,24). The number of hydrogen-bond acceptors (Lipinski definition) is 3. The number of aryl methyl sites for hydroxylation is 2. The second-order valence-corrected chi connectivity index (χ2v) is 6.02. The van der Waals surface area contributed by atoms with Crippen LogP contribution in [0.4, 0.5) is 11.4 Å². The molecule has 0 aliphatic heterocycles. The first kappa shape index (κ1) is 18.5. The topological polar surface area (TPSA) is 58.6 Å². The smallest absolute Gasteiger partial charge is 0.226 e. The highest BCUT2D eigenvalue weighted by Crippen LogP contribution is 2.23. The molecule has 2 rings (SSSR count). The predicted molar refractivity (Wildman–Crippen MR) is 100 cm³/mol. The molecule has 0 saturated carbocycles. The molecule has 2 aromatic carbocycles. The van der Waals surface area contributed by atoms with E-state index in [1.165, 1.54) is 6.92 Å². The number of para-hydroxylation sites is 2. The Morgan fingerprint density at radius 3 is 2.32 bits per heavy atom. The van der Waals surface area contributed by atoms with E-state index in [0.717, 1.165) is 16.8 Å². The van der Waals surface area contributed by atoms with Crippen molar-refractivity contribution in [3.63, 3.8) is 0 Å². The van der Waals surface area contributed by atoms with Gasteiger partial charge in [-0.3, -0.25) is 9.59 Å². The highest BCUT2D eigenvalue weighted by atomic mass is 16.5. The van der Waals surface area contributed by atoms with Gasteiger partial charge in [0.15, 0.2) is 0 Å². The number of amides is 2. The number of hydrogen-bond donors (Lipinski definition) is 1. The van der Waals surface area contributed by atoms with Gasteiger partial charge in [-0.15, -0.1) is 0 Å². The molecule has 1 N–H and O–H groups in total. The molecule has 2 aromatic rings. The summed E-state index contributed by atoms with van der Waals surface area (Å²) < 4.78 is 5.23. The zero-order valence-electron chi connectivity index (χ0n) is 15.1. The Morgan fingerprint density at radius 1 is 1.08 bits per heavy atom. The molecule has 0 radical (unpaired) electrons. The summed E-state index contributed by atoms with van der Waals surface area (Å²) in [7, 11) is 1.56. The van der Waals surface area contributed by atoms with Crippen LogP contribution < -0.4 is 15.0 Å². The first-order chi connectivity index (χ1) is 11.9. The first-order valence-electron chi connectivity index (χ1n) is 8.20. The van der Waals surface area contributed by atoms with Crippen LogP contribution in [-0.2, 0) is 9.59 Å². The Kier molecular flexibility index (Phi) is 6.17.